The van der Waals surface area contributed by atoms with Crippen LogP contribution >= 0.6 is 0 Å². The predicted octanol–water partition coefficient (Wildman–Crippen LogP) is 3.37. The molecule has 1 N–H and O–H groups in total. The molecule has 1 aromatic carbocycles. The maximum absolute atomic E-state index is 13.1. The Labute approximate surface area is 199 Å². The van der Waals surface area contributed by atoms with Crippen LogP contribution < -0.4 is 4.72 Å². The van der Waals surface area contributed by atoms with Crippen molar-refractivity contribution >= 4 is 10.2 Å². The minimum atomic E-state index is -4.60. The van der Waals surface area contributed by atoms with Crippen molar-refractivity contribution in [3.05, 3.63) is 53.7 Å². The molecule has 6 rings (SSSR count). The number of nitrogens with one attached hydrogen (secondary N) is 1. The summed E-state index contributed by atoms with van der Waals surface area (Å²) in [5, 5.41) is 8.25. The number of pyridine rings is 1. The molecular weight excluding hydrogens is 483 g/mol. The third-order valence-corrected chi connectivity index (χ3v) is 9.04. The zero-order valence-electron chi connectivity index (χ0n) is 18.5. The number of benzene rings is 1. The van der Waals surface area contributed by atoms with Crippen molar-refractivity contribution in [1.29, 1.82) is 0 Å². The zero-order chi connectivity index (χ0) is 24.4. The first kappa shape index (κ1) is 22.6. The highest BCUT2D eigenvalue weighted by Crippen LogP contribution is 2.50. The molecule has 2 bridgehead atoms. The van der Waals surface area contributed by atoms with E-state index in [0.29, 0.717) is 34.6 Å². The van der Waals surface area contributed by atoms with Crippen molar-refractivity contribution < 1.29 is 26.0 Å². The molecule has 3 atom stereocenters. The van der Waals surface area contributed by atoms with Gasteiger partial charge >= 0.3 is 6.18 Å². The molecule has 184 valence electrons. The lowest BCUT2D eigenvalue weighted by Crippen LogP contribution is -2.52. The number of aromatic nitrogens is 3. The van der Waals surface area contributed by atoms with Gasteiger partial charge in [0.15, 0.2) is 0 Å². The summed E-state index contributed by atoms with van der Waals surface area (Å²) in [4.78, 5) is 4.22. The summed E-state index contributed by atoms with van der Waals surface area (Å²) < 4.78 is 73.6. The number of fused-ring (bicyclic) bond motifs is 1. The van der Waals surface area contributed by atoms with E-state index in [1.165, 1.54) is 0 Å². The van der Waals surface area contributed by atoms with E-state index in [1.54, 1.807) is 18.3 Å². The fraction of sp³-hybridized carbons (Fsp3) is 0.435. The van der Waals surface area contributed by atoms with Gasteiger partial charge in [-0.15, -0.1) is 10.2 Å². The molecule has 1 saturated heterocycles. The quantitative estimate of drug-likeness (QED) is 0.586. The van der Waals surface area contributed by atoms with Crippen LogP contribution in [0, 0.1) is 11.8 Å². The van der Waals surface area contributed by atoms with Crippen LogP contribution in [0.1, 0.15) is 24.0 Å². The van der Waals surface area contributed by atoms with Gasteiger partial charge < -0.3 is 4.42 Å². The Morgan fingerprint density at radius 2 is 1.80 bits per heavy atom. The van der Waals surface area contributed by atoms with Gasteiger partial charge in [-0.2, -0.15) is 30.6 Å². The van der Waals surface area contributed by atoms with E-state index in [0.717, 1.165) is 29.5 Å². The molecule has 3 aromatic rings. The number of rotatable bonds is 3. The van der Waals surface area contributed by atoms with E-state index < -0.39 is 28.5 Å². The minimum Gasteiger partial charge on any atom is -0.415 e. The molecule has 2 aromatic heterocycles. The Morgan fingerprint density at radius 3 is 2.51 bits per heavy atom. The first-order valence-electron chi connectivity index (χ1n) is 11.4. The largest absolute Gasteiger partial charge is 0.415 e. The van der Waals surface area contributed by atoms with Crippen LogP contribution in [0.15, 0.2) is 47.0 Å². The summed E-state index contributed by atoms with van der Waals surface area (Å²) in [7, 11) is -4.21. The van der Waals surface area contributed by atoms with Crippen molar-refractivity contribution in [3.8, 4) is 23.0 Å². The average Bonchev–Trinajstić information content (AvgIpc) is 3.43. The molecule has 8 nitrogen and oxygen atoms in total. The maximum atomic E-state index is 13.1. The van der Waals surface area contributed by atoms with Gasteiger partial charge in [-0.3, -0.25) is 4.98 Å². The van der Waals surface area contributed by atoms with Crippen LogP contribution in [0.5, 0.6) is 0 Å². The van der Waals surface area contributed by atoms with Crippen molar-refractivity contribution in [3.63, 3.8) is 0 Å². The molecule has 3 unspecified atom stereocenters. The van der Waals surface area contributed by atoms with E-state index in [9.17, 15) is 21.6 Å². The molecule has 0 amide bonds. The van der Waals surface area contributed by atoms with Crippen LogP contribution in [0.25, 0.3) is 23.0 Å². The van der Waals surface area contributed by atoms with Crippen molar-refractivity contribution in [2.45, 2.75) is 37.4 Å². The summed E-state index contributed by atoms with van der Waals surface area (Å²) in [6, 6.07) is 11.2. The number of nitrogens with zero attached hydrogens (tertiary/aromatic N) is 4. The molecular formula is C23H22F3N5O3S. The van der Waals surface area contributed by atoms with Gasteiger partial charge in [-0.05, 0) is 72.9 Å². The smallest absolute Gasteiger partial charge is 0.402 e. The normalized spacial score (nSPS) is 27.7. The molecule has 2 aliphatic carbocycles. The van der Waals surface area contributed by atoms with Crippen LogP contribution in [0.3, 0.4) is 0 Å². The monoisotopic (exact) mass is 505 g/mol. The summed E-state index contributed by atoms with van der Waals surface area (Å²) >= 11 is 0. The molecule has 1 saturated carbocycles. The van der Waals surface area contributed by atoms with Crippen LogP contribution in [0.4, 0.5) is 13.2 Å². The van der Waals surface area contributed by atoms with Crippen molar-refractivity contribution in [2.24, 2.45) is 11.8 Å². The molecule has 1 aliphatic heterocycles. The minimum absolute atomic E-state index is 0.0771. The molecule has 3 heterocycles. The molecule has 0 radical (unpaired) electrons. The highest BCUT2D eigenvalue weighted by atomic mass is 32.2. The summed E-state index contributed by atoms with van der Waals surface area (Å²) in [6.45, 7) is -1.64. The number of alkyl halides is 3. The van der Waals surface area contributed by atoms with Gasteiger partial charge in [-0.25, -0.2) is 0 Å². The molecule has 3 aliphatic rings. The lowest BCUT2D eigenvalue weighted by Gasteiger charge is -2.33. The van der Waals surface area contributed by atoms with E-state index >= 15 is 0 Å². The lowest BCUT2D eigenvalue weighted by molar-refractivity contribution is -0.136. The first-order chi connectivity index (χ1) is 16.6. The van der Waals surface area contributed by atoms with E-state index in [2.05, 4.69) is 19.9 Å². The van der Waals surface area contributed by atoms with Gasteiger partial charge in [0.2, 0.25) is 5.89 Å². The topological polar surface area (TPSA) is 101 Å². The van der Waals surface area contributed by atoms with Gasteiger partial charge in [0.25, 0.3) is 16.1 Å². The Bertz CT molecular complexity index is 1380. The van der Waals surface area contributed by atoms with Crippen LogP contribution in [-0.2, 0) is 23.1 Å². The third kappa shape index (κ3) is 3.93. The average molecular weight is 506 g/mol. The Kier molecular flexibility index (Phi) is 5.07. The predicted molar refractivity (Wildman–Crippen MR) is 119 cm³/mol. The van der Waals surface area contributed by atoms with Gasteiger partial charge in [-0.1, -0.05) is 12.1 Å². The Hall–Kier alpha value is -2.83. The second-order valence-electron chi connectivity index (χ2n) is 9.52. The summed E-state index contributed by atoms with van der Waals surface area (Å²) in [5.74, 6) is 0.463. The molecule has 2 fully saturated rings. The second kappa shape index (κ2) is 7.84. The number of halogens is 3. The first-order valence-corrected chi connectivity index (χ1v) is 12.8. The Balaban J connectivity index is 1.30. The number of hydrogen-bond donors (Lipinski definition) is 1. The maximum Gasteiger partial charge on any atom is 0.402 e. The summed E-state index contributed by atoms with van der Waals surface area (Å²) in [6.07, 6.45) is -0.285. The fourth-order valence-electron chi connectivity index (χ4n) is 5.91. The fourth-order valence-corrected chi connectivity index (χ4v) is 7.62. The highest BCUT2D eigenvalue weighted by molar-refractivity contribution is 7.87. The van der Waals surface area contributed by atoms with Gasteiger partial charge in [0, 0.05) is 18.3 Å². The van der Waals surface area contributed by atoms with Gasteiger partial charge in [0.1, 0.15) is 12.2 Å². The van der Waals surface area contributed by atoms with Crippen LogP contribution in [-0.4, -0.2) is 52.7 Å². The zero-order valence-corrected chi connectivity index (χ0v) is 19.3. The number of hydrogen-bond acceptors (Lipinski definition) is 6. The lowest BCUT2D eigenvalue weighted by atomic mass is 9.79. The highest BCUT2D eigenvalue weighted by Gasteiger charge is 2.60. The van der Waals surface area contributed by atoms with E-state index in [-0.39, 0.29) is 18.4 Å². The molecule has 1 spiro atoms. The van der Waals surface area contributed by atoms with E-state index in [1.807, 2.05) is 24.3 Å². The SMILES string of the molecule is O=S1(=O)NC2(CN1CC(F)(F)F)C1CCC2Cc2cc(-c3nnc(-c4ccccn4)o3)ccc2C1. The van der Waals surface area contributed by atoms with E-state index in [4.69, 9.17) is 4.42 Å². The molecule has 12 heteroatoms. The van der Waals surface area contributed by atoms with Crippen molar-refractivity contribution in [1.82, 2.24) is 24.2 Å². The third-order valence-electron chi connectivity index (χ3n) is 7.47. The van der Waals surface area contributed by atoms with Crippen LogP contribution in [0.2, 0.25) is 0 Å². The standard InChI is InChI=1S/C23H22F3N5O3S/c24-23(25,26)13-31-12-22(30-35(31,32)33)17-6-7-18(22)11-16-9-15(5-4-14(16)10-17)20-28-29-21(34-20)19-3-1-2-8-27-19/h1-5,8-9,17-18,30H,6-7,10-13H2. The Morgan fingerprint density at radius 1 is 1.06 bits per heavy atom. The van der Waals surface area contributed by atoms with Crippen molar-refractivity contribution in [2.75, 3.05) is 13.1 Å². The second-order valence-corrected chi connectivity index (χ2v) is 11.2. The van der Waals surface area contributed by atoms with Gasteiger partial charge in [0.05, 0.1) is 5.54 Å². The summed E-state index contributed by atoms with van der Waals surface area (Å²) in [5.41, 5.74) is 2.49. The molecule has 35 heavy (non-hydrogen) atoms.